The summed E-state index contributed by atoms with van der Waals surface area (Å²) in [6.45, 7) is 1.62. The monoisotopic (exact) mass is 258 g/mol. The lowest BCUT2D eigenvalue weighted by Gasteiger charge is -2.34. The van der Waals surface area contributed by atoms with Crippen molar-refractivity contribution in [3.8, 4) is 0 Å². The van der Waals surface area contributed by atoms with Crippen LogP contribution >= 0.6 is 0 Å². The molecule has 0 saturated carbocycles. The van der Waals surface area contributed by atoms with Gasteiger partial charge in [0.1, 0.15) is 0 Å². The van der Waals surface area contributed by atoms with Gasteiger partial charge in [-0.15, -0.1) is 0 Å². The lowest BCUT2D eigenvalue weighted by molar-refractivity contribution is 0.153. The van der Waals surface area contributed by atoms with Gasteiger partial charge in [-0.3, -0.25) is 4.90 Å². The third-order valence-corrected chi connectivity index (χ3v) is 3.95. The Morgan fingerprint density at radius 2 is 2.35 bits per heavy atom. The molecule has 3 N–H and O–H groups in total. The maximum Gasteiger partial charge on any atom is 0.210 e. The molecule has 1 aliphatic heterocycles. The first-order valence-electron chi connectivity index (χ1n) is 5.76. The zero-order valence-corrected chi connectivity index (χ0v) is 10.5. The van der Waals surface area contributed by atoms with E-state index in [-0.39, 0.29) is 11.8 Å². The van der Waals surface area contributed by atoms with E-state index in [0.717, 1.165) is 31.5 Å². The van der Waals surface area contributed by atoms with Crippen molar-refractivity contribution in [1.29, 1.82) is 0 Å². The smallest absolute Gasteiger partial charge is 0.210 e. The van der Waals surface area contributed by atoms with Gasteiger partial charge in [-0.25, -0.2) is 18.5 Å². The molecular weight excluding hydrogens is 240 g/mol. The quantitative estimate of drug-likeness (QED) is 0.798. The standard InChI is InChI=1S/C10H18N4O2S/c11-17(15,16)7-10-3-1-2-4-14(10)6-9-5-12-8-13-9/h5,8,10H,1-4,6-7H2,(H,12,13)(H2,11,15,16). The number of aromatic amines is 1. The van der Waals surface area contributed by atoms with Crippen molar-refractivity contribution >= 4 is 10.0 Å². The van der Waals surface area contributed by atoms with Crippen molar-refractivity contribution in [2.75, 3.05) is 12.3 Å². The summed E-state index contributed by atoms with van der Waals surface area (Å²) >= 11 is 0. The number of primary sulfonamides is 1. The number of nitrogens with two attached hydrogens (primary N) is 1. The van der Waals surface area contributed by atoms with Crippen LogP contribution < -0.4 is 5.14 Å². The van der Waals surface area contributed by atoms with Crippen molar-refractivity contribution in [3.05, 3.63) is 18.2 Å². The summed E-state index contributed by atoms with van der Waals surface area (Å²) in [5, 5.41) is 5.13. The maximum atomic E-state index is 11.2. The van der Waals surface area contributed by atoms with Crippen LogP contribution in [0.5, 0.6) is 0 Å². The van der Waals surface area contributed by atoms with Gasteiger partial charge in [-0.2, -0.15) is 0 Å². The molecule has 0 aliphatic carbocycles. The van der Waals surface area contributed by atoms with E-state index in [1.165, 1.54) is 0 Å². The number of rotatable bonds is 4. The minimum absolute atomic E-state index is 0.0297. The minimum atomic E-state index is -3.40. The molecule has 0 spiro atoms. The Bertz CT molecular complexity index is 443. The largest absolute Gasteiger partial charge is 0.347 e. The number of hydrogen-bond acceptors (Lipinski definition) is 4. The lowest BCUT2D eigenvalue weighted by atomic mass is 10.0. The molecule has 1 aromatic rings. The van der Waals surface area contributed by atoms with Crippen molar-refractivity contribution in [2.24, 2.45) is 5.14 Å². The molecule has 96 valence electrons. The van der Waals surface area contributed by atoms with Crippen LogP contribution in [0.1, 0.15) is 25.0 Å². The Labute approximate surface area is 101 Å². The topological polar surface area (TPSA) is 92.1 Å². The highest BCUT2D eigenvalue weighted by molar-refractivity contribution is 7.89. The van der Waals surface area contributed by atoms with Crippen LogP contribution in [0.3, 0.4) is 0 Å². The van der Waals surface area contributed by atoms with Gasteiger partial charge in [-0.05, 0) is 19.4 Å². The van der Waals surface area contributed by atoms with E-state index in [9.17, 15) is 8.42 Å². The van der Waals surface area contributed by atoms with Gasteiger partial charge in [0.25, 0.3) is 0 Å². The van der Waals surface area contributed by atoms with E-state index >= 15 is 0 Å². The highest BCUT2D eigenvalue weighted by Gasteiger charge is 2.26. The fraction of sp³-hybridized carbons (Fsp3) is 0.700. The summed E-state index contributed by atoms with van der Waals surface area (Å²) in [5.41, 5.74) is 1.01. The molecule has 0 aromatic carbocycles. The first-order chi connectivity index (χ1) is 8.04. The zero-order valence-electron chi connectivity index (χ0n) is 9.67. The van der Waals surface area contributed by atoms with E-state index in [1.54, 1.807) is 12.5 Å². The average Bonchev–Trinajstić information content (AvgIpc) is 2.71. The van der Waals surface area contributed by atoms with E-state index in [2.05, 4.69) is 14.9 Å². The molecule has 2 heterocycles. The molecule has 1 aliphatic rings. The number of nitrogens with one attached hydrogen (secondary N) is 1. The number of H-pyrrole nitrogens is 1. The predicted octanol–water partition coefficient (Wildman–Crippen LogP) is 0.0527. The Balaban J connectivity index is 2.02. The Hall–Kier alpha value is -0.920. The second-order valence-corrected chi connectivity index (χ2v) is 6.19. The number of likely N-dealkylation sites (tertiary alicyclic amines) is 1. The summed E-state index contributed by atoms with van der Waals surface area (Å²) < 4.78 is 22.4. The van der Waals surface area contributed by atoms with Gasteiger partial charge in [0.05, 0.1) is 12.1 Å². The number of aromatic nitrogens is 2. The first kappa shape index (κ1) is 12.5. The van der Waals surface area contributed by atoms with Crippen molar-refractivity contribution in [2.45, 2.75) is 31.8 Å². The second-order valence-electron chi connectivity index (χ2n) is 4.53. The molecule has 0 radical (unpaired) electrons. The van der Waals surface area contributed by atoms with Crippen molar-refractivity contribution in [3.63, 3.8) is 0 Å². The molecule has 7 heteroatoms. The predicted molar refractivity (Wildman–Crippen MR) is 64.6 cm³/mol. The zero-order chi connectivity index (χ0) is 12.3. The number of imidazole rings is 1. The summed E-state index contributed by atoms with van der Waals surface area (Å²) in [6, 6.07) is 0.0297. The lowest BCUT2D eigenvalue weighted by Crippen LogP contribution is -2.44. The van der Waals surface area contributed by atoms with Crippen LogP contribution in [0.4, 0.5) is 0 Å². The fourth-order valence-corrected chi connectivity index (χ4v) is 3.23. The van der Waals surface area contributed by atoms with Crippen LogP contribution in [0, 0.1) is 0 Å². The van der Waals surface area contributed by atoms with Gasteiger partial charge in [0, 0.05) is 24.5 Å². The van der Waals surface area contributed by atoms with Crippen LogP contribution in [0.15, 0.2) is 12.5 Å². The molecule has 0 amide bonds. The number of sulfonamides is 1. The summed E-state index contributed by atoms with van der Waals surface area (Å²) in [7, 11) is -3.40. The van der Waals surface area contributed by atoms with Gasteiger partial charge in [0.2, 0.25) is 10.0 Å². The molecule has 1 atom stereocenters. The molecule has 6 nitrogen and oxygen atoms in total. The third-order valence-electron chi connectivity index (χ3n) is 3.10. The number of hydrogen-bond donors (Lipinski definition) is 2. The summed E-state index contributed by atoms with van der Waals surface area (Å²) in [5.74, 6) is 0.0428. The van der Waals surface area contributed by atoms with Gasteiger partial charge < -0.3 is 4.98 Å². The average molecular weight is 258 g/mol. The highest BCUT2D eigenvalue weighted by Crippen LogP contribution is 2.19. The van der Waals surface area contributed by atoms with E-state index in [1.807, 2.05) is 0 Å². The second kappa shape index (κ2) is 5.16. The van der Waals surface area contributed by atoms with E-state index in [4.69, 9.17) is 5.14 Å². The van der Waals surface area contributed by atoms with Crippen LogP contribution in [0.25, 0.3) is 0 Å². The Morgan fingerprint density at radius 1 is 1.53 bits per heavy atom. The molecule has 0 bridgehead atoms. The number of piperidine rings is 1. The van der Waals surface area contributed by atoms with E-state index in [0.29, 0.717) is 6.54 Å². The minimum Gasteiger partial charge on any atom is -0.347 e. The van der Waals surface area contributed by atoms with E-state index < -0.39 is 10.0 Å². The highest BCUT2D eigenvalue weighted by atomic mass is 32.2. The van der Waals surface area contributed by atoms with Gasteiger partial charge >= 0.3 is 0 Å². The molecular formula is C10H18N4O2S. The Kier molecular flexibility index (Phi) is 3.80. The maximum absolute atomic E-state index is 11.2. The molecule has 2 rings (SSSR count). The summed E-state index contributed by atoms with van der Waals surface area (Å²) in [4.78, 5) is 9.16. The summed E-state index contributed by atoms with van der Waals surface area (Å²) in [6.07, 6.45) is 6.47. The molecule has 1 fully saturated rings. The molecule has 1 aromatic heterocycles. The van der Waals surface area contributed by atoms with Crippen molar-refractivity contribution < 1.29 is 8.42 Å². The SMILES string of the molecule is NS(=O)(=O)CC1CCCCN1Cc1cnc[nH]1. The number of nitrogens with zero attached hydrogens (tertiary/aromatic N) is 2. The van der Waals surface area contributed by atoms with Crippen molar-refractivity contribution in [1.82, 2.24) is 14.9 Å². The molecule has 1 saturated heterocycles. The van der Waals surface area contributed by atoms with Gasteiger partial charge in [-0.1, -0.05) is 6.42 Å². The molecule has 17 heavy (non-hydrogen) atoms. The van der Waals surface area contributed by atoms with Crippen LogP contribution in [-0.2, 0) is 16.6 Å². The normalized spacial score (nSPS) is 22.8. The molecule has 1 unspecified atom stereocenters. The first-order valence-corrected chi connectivity index (χ1v) is 7.48. The fourth-order valence-electron chi connectivity index (χ4n) is 2.32. The Morgan fingerprint density at radius 3 is 3.00 bits per heavy atom. The van der Waals surface area contributed by atoms with Gasteiger partial charge in [0.15, 0.2) is 0 Å². The third kappa shape index (κ3) is 3.79. The van der Waals surface area contributed by atoms with Crippen LogP contribution in [0.2, 0.25) is 0 Å². The van der Waals surface area contributed by atoms with Crippen LogP contribution in [-0.4, -0.2) is 41.6 Å².